The third kappa shape index (κ3) is 4.03. The lowest BCUT2D eigenvalue weighted by Crippen LogP contribution is -2.36. The van der Waals surface area contributed by atoms with Crippen LogP contribution in [0.1, 0.15) is 156 Å². The third-order valence-corrected chi connectivity index (χ3v) is 8.70. The van der Waals surface area contributed by atoms with Crippen molar-refractivity contribution in [2.75, 3.05) is 0 Å². The smallest absolute Gasteiger partial charge is 0.249 e. The van der Waals surface area contributed by atoms with Gasteiger partial charge >= 0.3 is 0 Å². The molecule has 7 rings (SSSR count). The van der Waals surface area contributed by atoms with Gasteiger partial charge in [0.25, 0.3) is 0 Å². The fourth-order valence-electron chi connectivity index (χ4n) is 7.27. The van der Waals surface area contributed by atoms with Crippen molar-refractivity contribution in [3.8, 4) is 0 Å². The van der Waals surface area contributed by atoms with Crippen molar-refractivity contribution in [3.05, 3.63) is 46.5 Å². The molecule has 39 heavy (non-hydrogen) atoms. The summed E-state index contributed by atoms with van der Waals surface area (Å²) in [7, 11) is 0. The Balaban J connectivity index is 0.000000553. The number of pyridine rings is 1. The molecular formula is C35H53N4+. The van der Waals surface area contributed by atoms with E-state index >= 15 is 0 Å². The monoisotopic (exact) mass is 529 g/mol. The molecule has 4 heteroatoms. The molecule has 3 aliphatic rings. The van der Waals surface area contributed by atoms with E-state index in [9.17, 15) is 0 Å². The molecule has 2 atom stereocenters. The number of fused-ring (bicyclic) bond motifs is 9. The van der Waals surface area contributed by atoms with E-state index in [0.717, 1.165) is 23.4 Å². The average Bonchev–Trinajstić information content (AvgIpc) is 3.65. The van der Waals surface area contributed by atoms with Gasteiger partial charge in [0.1, 0.15) is 11.1 Å². The van der Waals surface area contributed by atoms with E-state index in [0.29, 0.717) is 0 Å². The van der Waals surface area contributed by atoms with Crippen molar-refractivity contribution < 1.29 is 4.40 Å². The van der Waals surface area contributed by atoms with Gasteiger partial charge in [0, 0.05) is 22.7 Å². The van der Waals surface area contributed by atoms with Crippen LogP contribution < -0.4 is 4.40 Å². The third-order valence-electron chi connectivity index (χ3n) is 8.70. The molecule has 212 valence electrons. The molecule has 0 N–H and O–H groups in total. The molecule has 2 aliphatic carbocycles. The van der Waals surface area contributed by atoms with Crippen molar-refractivity contribution in [2.24, 2.45) is 0 Å². The first-order valence-electron chi connectivity index (χ1n) is 15.7. The number of aromatic nitrogens is 4. The average molecular weight is 530 g/mol. The summed E-state index contributed by atoms with van der Waals surface area (Å²) >= 11 is 0. The summed E-state index contributed by atoms with van der Waals surface area (Å²) in [5.41, 5.74) is 10.7. The van der Waals surface area contributed by atoms with Gasteiger partial charge in [0.15, 0.2) is 11.0 Å². The Morgan fingerprint density at radius 1 is 0.872 bits per heavy atom. The number of hydrogen-bond donors (Lipinski definition) is 0. The fraction of sp³-hybridized carbons (Fsp3) is 0.629. The number of imidazole rings is 1. The first-order chi connectivity index (χ1) is 18.4. The highest BCUT2D eigenvalue weighted by Gasteiger charge is 2.50. The van der Waals surface area contributed by atoms with Crippen LogP contribution in [0, 0.1) is 0 Å². The molecule has 0 amide bonds. The molecule has 4 nitrogen and oxygen atoms in total. The molecule has 2 unspecified atom stereocenters. The van der Waals surface area contributed by atoms with Gasteiger partial charge in [-0.05, 0) is 62.1 Å². The van der Waals surface area contributed by atoms with E-state index in [4.69, 9.17) is 9.97 Å². The summed E-state index contributed by atoms with van der Waals surface area (Å²) in [5, 5.41) is 1.38. The van der Waals surface area contributed by atoms with Crippen LogP contribution in [0.5, 0.6) is 0 Å². The number of rotatable bonds is 0. The SMILES string of the molecule is CC.CC.CC.CC(C)(C)c1cc2c(cn1)n1c3c4c(c5c(cc4nc(C(C)(C)C)[n+]23)C2CCC5C2)C1(C)C. The van der Waals surface area contributed by atoms with Crippen molar-refractivity contribution in [3.63, 3.8) is 0 Å². The Bertz CT molecular complexity index is 1540. The van der Waals surface area contributed by atoms with Gasteiger partial charge in [-0.25, -0.2) is 4.57 Å². The summed E-state index contributed by atoms with van der Waals surface area (Å²) in [6.45, 7) is 30.5. The summed E-state index contributed by atoms with van der Waals surface area (Å²) in [4.78, 5) is 10.4. The summed E-state index contributed by atoms with van der Waals surface area (Å²) in [5.74, 6) is 2.61. The number of nitrogens with zero attached hydrogens (tertiary/aromatic N) is 4. The van der Waals surface area contributed by atoms with Crippen molar-refractivity contribution in [2.45, 2.75) is 144 Å². The topological polar surface area (TPSA) is 34.8 Å². The molecular weight excluding hydrogens is 476 g/mol. The molecule has 2 bridgehead atoms. The van der Waals surface area contributed by atoms with E-state index in [1.807, 2.05) is 41.5 Å². The van der Waals surface area contributed by atoms with Gasteiger partial charge in [-0.2, -0.15) is 4.40 Å². The van der Waals surface area contributed by atoms with Crippen molar-refractivity contribution >= 4 is 27.6 Å². The maximum absolute atomic E-state index is 5.44. The predicted octanol–water partition coefficient (Wildman–Crippen LogP) is 9.46. The van der Waals surface area contributed by atoms with Gasteiger partial charge < -0.3 is 0 Å². The highest BCUT2D eigenvalue weighted by atomic mass is 15.2. The van der Waals surface area contributed by atoms with Crippen LogP contribution in [-0.2, 0) is 16.4 Å². The standard InChI is InChI=1S/C29H35N4.3C2H6/c1-27(2,3)21-13-19-20(14-30-21)33-25-23-18(31-26(32(19)25)28(4,5)6)12-17-15-9-10-16(11-15)22(17)24(23)29(33,7)8;3*1-2/h12-16H,9-11H2,1-8H3;3*1-2H3/q+1;;;. The molecule has 0 radical (unpaired) electrons. The lowest BCUT2D eigenvalue weighted by Gasteiger charge is -2.27. The Kier molecular flexibility index (Phi) is 7.45. The van der Waals surface area contributed by atoms with Crippen LogP contribution in [0.2, 0.25) is 0 Å². The van der Waals surface area contributed by atoms with Crippen molar-refractivity contribution in [1.82, 2.24) is 14.5 Å². The zero-order valence-electron chi connectivity index (χ0n) is 27.3. The highest BCUT2D eigenvalue weighted by molar-refractivity contribution is 6.01. The van der Waals surface area contributed by atoms with Crippen molar-refractivity contribution in [1.29, 1.82) is 0 Å². The Labute approximate surface area is 237 Å². The van der Waals surface area contributed by atoms with Gasteiger partial charge in [0.05, 0.1) is 17.0 Å². The van der Waals surface area contributed by atoms with E-state index < -0.39 is 0 Å². The highest BCUT2D eigenvalue weighted by Crippen LogP contribution is 2.59. The second kappa shape index (κ2) is 9.85. The Morgan fingerprint density at radius 3 is 2.08 bits per heavy atom. The first-order valence-corrected chi connectivity index (χ1v) is 15.7. The molecule has 3 aromatic heterocycles. The lowest BCUT2D eigenvalue weighted by molar-refractivity contribution is -0.500. The zero-order valence-corrected chi connectivity index (χ0v) is 27.3. The zero-order chi connectivity index (χ0) is 29.2. The molecule has 1 saturated carbocycles. The maximum Gasteiger partial charge on any atom is 0.249 e. The molecule has 1 fully saturated rings. The lowest BCUT2D eigenvalue weighted by atomic mass is 9.80. The Morgan fingerprint density at radius 2 is 1.49 bits per heavy atom. The summed E-state index contributed by atoms with van der Waals surface area (Å²) < 4.78 is 5.06. The molecule has 1 aromatic carbocycles. The molecule has 1 aliphatic heterocycles. The first kappa shape index (κ1) is 29.5. The number of hydrogen-bond acceptors (Lipinski definition) is 2. The van der Waals surface area contributed by atoms with E-state index in [-0.39, 0.29) is 16.4 Å². The van der Waals surface area contributed by atoms with Crippen LogP contribution in [0.3, 0.4) is 0 Å². The maximum atomic E-state index is 5.44. The van der Waals surface area contributed by atoms with Gasteiger partial charge in [-0.15, -0.1) is 4.98 Å². The molecule has 0 saturated heterocycles. The minimum Gasteiger partial charge on any atom is -0.257 e. The fourth-order valence-corrected chi connectivity index (χ4v) is 7.27. The minimum atomic E-state index is -0.119. The normalized spacial score (nSPS) is 19.9. The largest absolute Gasteiger partial charge is 0.257 e. The summed E-state index contributed by atoms with van der Waals surface area (Å²) in [6, 6.07) is 4.79. The van der Waals surface area contributed by atoms with Gasteiger partial charge in [-0.3, -0.25) is 4.98 Å². The van der Waals surface area contributed by atoms with Crippen LogP contribution in [0.4, 0.5) is 0 Å². The molecule has 0 spiro atoms. The van der Waals surface area contributed by atoms with E-state index in [1.165, 1.54) is 46.8 Å². The van der Waals surface area contributed by atoms with Gasteiger partial charge in [0.2, 0.25) is 11.5 Å². The van der Waals surface area contributed by atoms with Crippen LogP contribution in [-0.4, -0.2) is 14.5 Å². The molecule has 4 aromatic rings. The van der Waals surface area contributed by atoms with Crippen LogP contribution >= 0.6 is 0 Å². The Hall–Kier alpha value is -2.49. The second-order valence-electron chi connectivity index (χ2n) is 13.4. The second-order valence-corrected chi connectivity index (χ2v) is 13.4. The quantitative estimate of drug-likeness (QED) is 0.213. The molecule has 4 heterocycles. The predicted molar refractivity (Wildman–Crippen MR) is 167 cm³/mol. The van der Waals surface area contributed by atoms with Crippen LogP contribution in [0.25, 0.3) is 27.6 Å². The van der Waals surface area contributed by atoms with Gasteiger partial charge in [-0.1, -0.05) is 83.1 Å². The van der Waals surface area contributed by atoms with E-state index in [2.05, 4.69) is 82.7 Å². The summed E-state index contributed by atoms with van der Waals surface area (Å²) in [6.07, 6.45) is 6.16. The van der Waals surface area contributed by atoms with E-state index in [1.54, 1.807) is 16.7 Å². The minimum absolute atomic E-state index is 0.000198. The number of benzene rings is 1. The van der Waals surface area contributed by atoms with Crippen LogP contribution in [0.15, 0.2) is 18.3 Å².